The van der Waals surface area contributed by atoms with Gasteiger partial charge in [0.1, 0.15) is 23.0 Å². The molecule has 2 fully saturated rings. The zero-order valence-corrected chi connectivity index (χ0v) is 47.5. The van der Waals surface area contributed by atoms with Crippen LogP contribution in [0.15, 0.2) is 194 Å². The maximum absolute atomic E-state index is 11.0. The maximum atomic E-state index is 11.0. The number of para-hydroxylation sites is 4. The van der Waals surface area contributed by atoms with Crippen LogP contribution in [0.1, 0.15) is 73.6 Å². The maximum Gasteiger partial charge on any atom is 0.127 e. The van der Waals surface area contributed by atoms with E-state index in [0.717, 1.165) is 92.4 Å². The summed E-state index contributed by atoms with van der Waals surface area (Å²) in [6, 6.07) is 65.2. The third-order valence-corrected chi connectivity index (χ3v) is 14.6. The molecule has 0 heterocycles. The molecule has 0 aromatic heterocycles. The Bertz CT molecular complexity index is 2570. The smallest absolute Gasteiger partial charge is 0.127 e. The number of benzene rings is 8. The monoisotopic (exact) mass is 1110 g/mol. The van der Waals surface area contributed by atoms with Gasteiger partial charge in [0.2, 0.25) is 0 Å². The van der Waals surface area contributed by atoms with Crippen molar-refractivity contribution in [1.29, 1.82) is 0 Å². The summed E-state index contributed by atoms with van der Waals surface area (Å²) in [6.07, 6.45) is 9.14. The summed E-state index contributed by atoms with van der Waals surface area (Å²) in [5.41, 5.74) is 11.2. The van der Waals surface area contributed by atoms with Gasteiger partial charge in [-0.3, -0.25) is 0 Å². The molecule has 10 rings (SSSR count). The van der Waals surface area contributed by atoms with E-state index in [0.29, 0.717) is 73.3 Å². The van der Waals surface area contributed by atoms with E-state index in [-0.39, 0.29) is 43.4 Å². The van der Waals surface area contributed by atoms with Crippen molar-refractivity contribution in [2.75, 3.05) is 0 Å². The van der Waals surface area contributed by atoms with Crippen LogP contribution in [-0.4, -0.2) is 54.8 Å². The Morgan fingerprint density at radius 1 is 0.282 bits per heavy atom. The van der Waals surface area contributed by atoms with E-state index in [1.807, 2.05) is 194 Å². The van der Waals surface area contributed by atoms with Gasteiger partial charge in [-0.2, -0.15) is 0 Å². The van der Waals surface area contributed by atoms with Crippen molar-refractivity contribution >= 4 is 0 Å². The van der Waals surface area contributed by atoms with Gasteiger partial charge in [-0.15, -0.1) is 0 Å². The summed E-state index contributed by atoms with van der Waals surface area (Å²) in [4.78, 5) is 0. The largest absolute Gasteiger partial charge is 0.569 e. The molecule has 0 bridgehead atoms. The Morgan fingerprint density at radius 2 is 0.474 bits per heavy atom. The fourth-order valence-electron chi connectivity index (χ4n) is 10.5. The zero-order valence-electron chi connectivity index (χ0n) is 44.4. The van der Waals surface area contributed by atoms with Gasteiger partial charge in [-0.1, -0.05) is 220 Å². The Labute approximate surface area is 491 Å². The number of hydrogen-bond acceptors (Lipinski definition) is 10. The fraction of sp³-hybridized carbons (Fsp3) is 0.242. The molecule has 0 radical (unpaired) electrons. The van der Waals surface area contributed by atoms with Crippen LogP contribution in [0.4, 0.5) is 0 Å². The van der Waals surface area contributed by atoms with Crippen molar-refractivity contribution < 1.29 is 74.1 Å². The van der Waals surface area contributed by atoms with Crippen LogP contribution in [-0.2, 0) is 69.6 Å². The number of phenolic OH excluding ortho intramolecular Hbond substituents is 4. The molecule has 0 aliphatic heterocycles. The molecular weight excluding hydrogens is 1040 g/mol. The molecule has 0 unspecified atom stereocenters. The van der Waals surface area contributed by atoms with Crippen LogP contribution in [0.5, 0.6) is 23.0 Å². The topological polar surface area (TPSA) is 169 Å². The summed E-state index contributed by atoms with van der Waals surface area (Å²) in [5, 5.41) is 72.2. The first-order valence-electron chi connectivity index (χ1n) is 26.4. The predicted molar refractivity (Wildman–Crippen MR) is 308 cm³/mol. The quantitative estimate of drug-likeness (QED) is 0.0332. The van der Waals surface area contributed by atoms with Gasteiger partial charge in [0.25, 0.3) is 0 Å². The van der Waals surface area contributed by atoms with Crippen molar-refractivity contribution in [1.82, 2.24) is 21.3 Å². The van der Waals surface area contributed by atoms with Gasteiger partial charge in [-0.25, -0.2) is 14.2 Å². The van der Waals surface area contributed by atoms with Gasteiger partial charge < -0.3 is 51.9 Å². The second-order valence-corrected chi connectivity index (χ2v) is 19.2. The molecule has 2 aliphatic carbocycles. The van der Waals surface area contributed by atoms with Crippen molar-refractivity contribution in [2.24, 2.45) is 0 Å². The summed E-state index contributed by atoms with van der Waals surface area (Å²) < 4.78 is 0. The molecule has 2 aliphatic rings. The van der Waals surface area contributed by atoms with E-state index in [1.54, 1.807) is 0 Å². The second-order valence-electron chi connectivity index (χ2n) is 19.2. The zero-order chi connectivity index (χ0) is 53.5. The van der Waals surface area contributed by atoms with Crippen LogP contribution in [0, 0.1) is 14.2 Å². The third kappa shape index (κ3) is 17.1. The van der Waals surface area contributed by atoms with E-state index in [4.69, 9.17) is 10.2 Å². The van der Waals surface area contributed by atoms with E-state index in [9.17, 15) is 20.4 Å². The molecule has 0 amide bonds. The number of phenols is 4. The standard InChI is InChI=1S/2C32H34N2O2.2CH3O.2Ti/c2*35-31-25(15-9-17-27(31)23-11-3-1-4-12-23)21-33-29-19-7-8-20-30(29)34-22-26-16-10-18-28(32(26)36)24-13-5-2-6-14-24;2*1-2;;/h2*1-6,9-18,29-30,33-36H,7-8,19-22H2;2*2H,1H2;;/q;;2*-1;;/t2*29-,30-;;;;/m00..../s1. The summed E-state index contributed by atoms with van der Waals surface area (Å²) in [7, 11) is 4.50. The molecule has 2 saturated carbocycles. The normalized spacial score (nSPS) is 16.5. The number of nitrogens with one attached hydrogen (secondary N) is 4. The third-order valence-electron chi connectivity index (χ3n) is 14.6. The van der Waals surface area contributed by atoms with E-state index in [2.05, 4.69) is 35.5 Å². The van der Waals surface area contributed by atoms with Crippen LogP contribution in [0.3, 0.4) is 0 Å². The molecule has 404 valence electrons. The van der Waals surface area contributed by atoms with E-state index >= 15 is 0 Å². The van der Waals surface area contributed by atoms with Crippen LogP contribution < -0.4 is 21.3 Å². The minimum absolute atomic E-state index is 0. The first-order chi connectivity index (χ1) is 37.4. The van der Waals surface area contributed by atoms with Gasteiger partial charge in [0.05, 0.1) is 0 Å². The number of rotatable bonds is 16. The van der Waals surface area contributed by atoms with E-state index in [1.165, 1.54) is 25.7 Å². The molecular formula is C66H74N4O6Ti2-2. The molecule has 10 nitrogen and oxygen atoms in total. The van der Waals surface area contributed by atoms with Crippen LogP contribution >= 0.6 is 0 Å². The molecule has 78 heavy (non-hydrogen) atoms. The second kappa shape index (κ2) is 33.6. The van der Waals surface area contributed by atoms with Crippen molar-refractivity contribution in [2.45, 2.75) is 102 Å². The number of aliphatic hydroxyl groups is 2. The summed E-state index contributed by atoms with van der Waals surface area (Å²) in [6.45, 7) is 2.46. The van der Waals surface area contributed by atoms with Crippen LogP contribution in [0.25, 0.3) is 44.5 Å². The SMILES string of the molecule is Oc1c(CN[C@H]2CCCC[C@@H]2NCc2cccc(-c3ccccc3)c2O)cccc1-c1ccccc1.Oc1c(CN[C@H]2CCCC[C@@H]2NCc2cccc(-c3ccccc3)c2O)cccc1-c1ccccc1.[CH2-]O.[CH2-]O.[Ti].[Ti]. The van der Waals surface area contributed by atoms with Crippen molar-refractivity contribution in [3.05, 3.63) is 231 Å². The summed E-state index contributed by atoms with van der Waals surface area (Å²) in [5.74, 6) is 1.39. The number of hydrogen-bond donors (Lipinski definition) is 10. The Hall–Kier alpha value is -5.85. The van der Waals surface area contributed by atoms with Gasteiger partial charge in [0, 0.05) is 138 Å². The van der Waals surface area contributed by atoms with Crippen molar-refractivity contribution in [3.8, 4) is 67.5 Å². The average molecular weight is 1120 g/mol. The molecule has 0 spiro atoms. The molecule has 10 N–H and O–H groups in total. The minimum Gasteiger partial charge on any atom is -0.569 e. The van der Waals surface area contributed by atoms with Gasteiger partial charge in [-0.05, 0) is 47.9 Å². The van der Waals surface area contributed by atoms with Crippen molar-refractivity contribution in [3.63, 3.8) is 0 Å². The van der Waals surface area contributed by atoms with Crippen LogP contribution in [0.2, 0.25) is 0 Å². The first kappa shape index (κ1) is 63.0. The Balaban J connectivity index is 0.000000264. The number of aliphatic hydroxyl groups excluding tert-OH is 2. The molecule has 12 heteroatoms. The number of aromatic hydroxyl groups is 4. The fourth-order valence-corrected chi connectivity index (χ4v) is 10.5. The van der Waals surface area contributed by atoms with Gasteiger partial charge in [0.15, 0.2) is 0 Å². The Morgan fingerprint density at radius 3 is 0.667 bits per heavy atom. The Kier molecular flexibility index (Phi) is 27.1. The van der Waals surface area contributed by atoms with E-state index < -0.39 is 0 Å². The first-order valence-corrected chi connectivity index (χ1v) is 26.4. The molecule has 8 aromatic carbocycles. The average Bonchev–Trinajstić information content (AvgIpc) is 3.51. The molecule has 8 aromatic rings. The molecule has 4 atom stereocenters. The summed E-state index contributed by atoms with van der Waals surface area (Å²) >= 11 is 0. The van der Waals surface area contributed by atoms with Gasteiger partial charge >= 0.3 is 0 Å². The minimum atomic E-state index is 0. The molecule has 0 saturated heterocycles. The predicted octanol–water partition coefficient (Wildman–Crippen LogP) is 13.5.